The van der Waals surface area contributed by atoms with Crippen LogP contribution in [-0.2, 0) is 22.4 Å². The maximum absolute atomic E-state index is 11.2. The normalized spacial score (nSPS) is 13.4. The fourth-order valence-electron chi connectivity index (χ4n) is 3.99. The molecule has 8 nitrogen and oxygen atoms in total. The van der Waals surface area contributed by atoms with Crippen LogP contribution in [0.25, 0.3) is 0 Å². The van der Waals surface area contributed by atoms with Crippen LogP contribution in [0, 0.1) is 0 Å². The number of hydrogen-bond donors (Lipinski definition) is 2. The van der Waals surface area contributed by atoms with Gasteiger partial charge in [0.2, 0.25) is 11.8 Å². The monoisotopic (exact) mass is 498 g/mol. The van der Waals surface area contributed by atoms with Crippen LogP contribution >= 0.6 is 0 Å². The van der Waals surface area contributed by atoms with Crippen molar-refractivity contribution in [3.63, 3.8) is 0 Å². The first kappa shape index (κ1) is 27.2. The minimum atomic E-state index is -0.105. The molecule has 2 amide bonds. The van der Waals surface area contributed by atoms with Crippen LogP contribution in [0.1, 0.15) is 64.5 Å². The molecule has 2 aliphatic heterocycles. The minimum absolute atomic E-state index is 0.105. The Hall–Kier alpha value is -3.42. The van der Waals surface area contributed by atoms with Crippen molar-refractivity contribution in [2.75, 3.05) is 37.1 Å². The lowest BCUT2D eigenvalue weighted by atomic mass is 10.1. The molecule has 2 aromatic carbocycles. The fourth-order valence-corrected chi connectivity index (χ4v) is 3.99. The summed E-state index contributed by atoms with van der Waals surface area (Å²) in [5.74, 6) is 2.97. The molecule has 2 N–H and O–H groups in total. The third-order valence-corrected chi connectivity index (χ3v) is 5.57. The Kier molecular flexibility index (Phi) is 10.3. The molecule has 2 heterocycles. The van der Waals surface area contributed by atoms with Crippen LogP contribution in [0.3, 0.4) is 0 Å². The molecule has 4 rings (SSSR count). The molecule has 0 spiro atoms. The van der Waals surface area contributed by atoms with Gasteiger partial charge in [-0.15, -0.1) is 0 Å². The lowest BCUT2D eigenvalue weighted by Crippen LogP contribution is -2.12. The first-order valence-corrected chi connectivity index (χ1v) is 12.8. The number of carbonyl (C=O) groups excluding carboxylic acids is 2. The maximum Gasteiger partial charge on any atom is 0.221 e. The Bertz CT molecular complexity index is 969. The van der Waals surface area contributed by atoms with Gasteiger partial charge in [-0.05, 0) is 61.8 Å². The van der Waals surface area contributed by atoms with Gasteiger partial charge in [0.15, 0.2) is 0 Å². The second-order valence-electron chi connectivity index (χ2n) is 8.88. The van der Waals surface area contributed by atoms with E-state index in [-0.39, 0.29) is 11.8 Å². The van der Waals surface area contributed by atoms with Gasteiger partial charge in [0.05, 0.1) is 37.8 Å². The molecule has 0 unspecified atom stereocenters. The van der Waals surface area contributed by atoms with E-state index in [0.29, 0.717) is 24.6 Å². The quantitative estimate of drug-likeness (QED) is 0.498. The van der Waals surface area contributed by atoms with Crippen LogP contribution in [-0.4, -0.2) is 38.2 Å². The average Bonchev–Trinajstić information content (AvgIpc) is 2.86. The smallest absolute Gasteiger partial charge is 0.221 e. The zero-order valence-electron chi connectivity index (χ0n) is 21.8. The zero-order chi connectivity index (χ0) is 25.9. The molecule has 0 bridgehead atoms. The Morgan fingerprint density at radius 2 is 1.17 bits per heavy atom. The summed E-state index contributed by atoms with van der Waals surface area (Å²) in [7, 11) is 0. The molecule has 0 radical (unpaired) electrons. The predicted octanol–water partition coefficient (Wildman–Crippen LogP) is 5.52. The van der Waals surface area contributed by atoms with Gasteiger partial charge in [-0.2, -0.15) is 0 Å². The van der Waals surface area contributed by atoms with Crippen LogP contribution < -0.4 is 29.6 Å². The molecule has 0 saturated carbocycles. The van der Waals surface area contributed by atoms with Crippen molar-refractivity contribution < 1.29 is 28.5 Å². The SMILES string of the molecule is CCCOc1cc2c(cc1NC(C)=O)OCCC2.CCCOc1cc2c(cc1NC(C)=O)OCCC2. The Morgan fingerprint density at radius 1 is 0.750 bits per heavy atom. The maximum atomic E-state index is 11.2. The predicted molar refractivity (Wildman–Crippen MR) is 141 cm³/mol. The summed E-state index contributed by atoms with van der Waals surface area (Å²) in [5.41, 5.74) is 3.69. The molecule has 0 aliphatic carbocycles. The van der Waals surface area contributed by atoms with E-state index < -0.39 is 0 Å². The topological polar surface area (TPSA) is 95.1 Å². The number of rotatable bonds is 8. The van der Waals surface area contributed by atoms with Crippen molar-refractivity contribution in [3.8, 4) is 23.0 Å². The minimum Gasteiger partial charge on any atom is -0.493 e. The Balaban J connectivity index is 0.000000201. The summed E-state index contributed by atoms with van der Waals surface area (Å²) in [4.78, 5) is 22.4. The van der Waals surface area contributed by atoms with Gasteiger partial charge in [0, 0.05) is 26.0 Å². The number of nitrogens with one attached hydrogen (secondary N) is 2. The number of hydrogen-bond acceptors (Lipinski definition) is 6. The number of benzene rings is 2. The lowest BCUT2D eigenvalue weighted by molar-refractivity contribution is -0.115. The second kappa shape index (κ2) is 13.6. The highest BCUT2D eigenvalue weighted by molar-refractivity contribution is 5.91. The summed E-state index contributed by atoms with van der Waals surface area (Å²) >= 11 is 0. The summed E-state index contributed by atoms with van der Waals surface area (Å²) in [6.07, 6.45) is 5.93. The van der Waals surface area contributed by atoms with Gasteiger partial charge in [-0.25, -0.2) is 0 Å². The van der Waals surface area contributed by atoms with Crippen LogP contribution in [0.5, 0.6) is 23.0 Å². The van der Waals surface area contributed by atoms with E-state index >= 15 is 0 Å². The van der Waals surface area contributed by atoms with Crippen molar-refractivity contribution in [2.24, 2.45) is 0 Å². The summed E-state index contributed by atoms with van der Waals surface area (Å²) in [5, 5.41) is 5.58. The van der Waals surface area contributed by atoms with Gasteiger partial charge in [-0.1, -0.05) is 13.8 Å². The largest absolute Gasteiger partial charge is 0.493 e. The standard InChI is InChI=1S/2C14H19NO3/c2*1-3-6-17-14-8-11-5-4-7-18-13(11)9-12(14)15-10(2)16/h2*8-9H,3-7H2,1-2H3,(H,15,16). The average molecular weight is 499 g/mol. The molecule has 8 heteroatoms. The first-order valence-electron chi connectivity index (χ1n) is 12.8. The van der Waals surface area contributed by atoms with Crippen molar-refractivity contribution >= 4 is 23.2 Å². The van der Waals surface area contributed by atoms with E-state index in [1.54, 1.807) is 0 Å². The van der Waals surface area contributed by atoms with Crippen molar-refractivity contribution in [1.29, 1.82) is 0 Å². The molecule has 2 aliphatic rings. The summed E-state index contributed by atoms with van der Waals surface area (Å²) in [6.45, 7) is 9.86. The van der Waals surface area contributed by atoms with Crippen molar-refractivity contribution in [1.82, 2.24) is 0 Å². The number of carbonyl (C=O) groups is 2. The number of anilines is 2. The highest BCUT2D eigenvalue weighted by Gasteiger charge is 2.17. The van der Waals surface area contributed by atoms with Crippen molar-refractivity contribution in [2.45, 2.75) is 66.2 Å². The highest BCUT2D eigenvalue weighted by Crippen LogP contribution is 2.37. The van der Waals surface area contributed by atoms with E-state index in [9.17, 15) is 9.59 Å². The van der Waals surface area contributed by atoms with Gasteiger partial charge in [-0.3, -0.25) is 9.59 Å². The molecule has 2 aromatic rings. The number of amides is 2. The molecular weight excluding hydrogens is 460 g/mol. The molecule has 0 saturated heterocycles. The molecular formula is C28H38N2O6. The lowest BCUT2D eigenvalue weighted by Gasteiger charge is -2.20. The van der Waals surface area contributed by atoms with E-state index in [0.717, 1.165) is 85.9 Å². The Morgan fingerprint density at radius 3 is 1.53 bits per heavy atom. The zero-order valence-corrected chi connectivity index (χ0v) is 21.8. The van der Waals surface area contributed by atoms with Gasteiger partial charge >= 0.3 is 0 Å². The third-order valence-electron chi connectivity index (χ3n) is 5.57. The molecule has 0 atom stereocenters. The number of ether oxygens (including phenoxy) is 4. The Labute approximate surface area is 213 Å². The van der Waals surface area contributed by atoms with Gasteiger partial charge in [0.1, 0.15) is 23.0 Å². The molecule has 0 fully saturated rings. The van der Waals surface area contributed by atoms with E-state index in [2.05, 4.69) is 24.5 Å². The first-order chi connectivity index (χ1) is 17.4. The van der Waals surface area contributed by atoms with Gasteiger partial charge < -0.3 is 29.6 Å². The van der Waals surface area contributed by atoms with E-state index in [1.165, 1.54) is 13.8 Å². The van der Waals surface area contributed by atoms with Crippen LogP contribution in [0.4, 0.5) is 11.4 Å². The van der Waals surface area contributed by atoms with Crippen molar-refractivity contribution in [3.05, 3.63) is 35.4 Å². The fraction of sp³-hybridized carbons (Fsp3) is 0.500. The van der Waals surface area contributed by atoms with E-state index in [4.69, 9.17) is 18.9 Å². The number of fused-ring (bicyclic) bond motifs is 2. The van der Waals surface area contributed by atoms with Crippen LogP contribution in [0.15, 0.2) is 24.3 Å². The van der Waals surface area contributed by atoms with E-state index in [1.807, 2.05) is 24.3 Å². The number of aryl methyl sites for hydroxylation is 2. The highest BCUT2D eigenvalue weighted by atomic mass is 16.5. The molecule has 0 aromatic heterocycles. The third kappa shape index (κ3) is 7.80. The summed E-state index contributed by atoms with van der Waals surface area (Å²) in [6, 6.07) is 7.69. The van der Waals surface area contributed by atoms with Gasteiger partial charge in [0.25, 0.3) is 0 Å². The molecule has 36 heavy (non-hydrogen) atoms. The molecule has 196 valence electrons. The second-order valence-corrected chi connectivity index (χ2v) is 8.88. The van der Waals surface area contributed by atoms with Crippen LogP contribution in [0.2, 0.25) is 0 Å². The summed E-state index contributed by atoms with van der Waals surface area (Å²) < 4.78 is 22.6.